The van der Waals surface area contributed by atoms with Gasteiger partial charge < -0.3 is 20.3 Å². The maximum absolute atomic E-state index is 12.2. The van der Waals surface area contributed by atoms with E-state index in [-0.39, 0.29) is 29.8 Å². The van der Waals surface area contributed by atoms with Crippen molar-refractivity contribution in [2.75, 3.05) is 6.54 Å². The number of benzene rings is 1. The Bertz CT molecular complexity index is 703. The second-order valence-electron chi connectivity index (χ2n) is 8.63. The fraction of sp³-hybridized carbons (Fsp3) is 0.600. The first-order valence-electron chi connectivity index (χ1n) is 11.4. The fourth-order valence-corrected chi connectivity index (χ4v) is 4.07. The van der Waals surface area contributed by atoms with E-state index in [9.17, 15) is 19.8 Å². The number of hydrogen-bond donors (Lipinski definition) is 3. The Morgan fingerprint density at radius 3 is 2.52 bits per heavy atom. The summed E-state index contributed by atoms with van der Waals surface area (Å²) < 4.78 is 5.11. The quantitative estimate of drug-likeness (QED) is 0.268. The number of allylic oxidation sites excluding steroid dienone is 2. The molecule has 4 atom stereocenters. The van der Waals surface area contributed by atoms with Gasteiger partial charge in [-0.2, -0.15) is 0 Å². The van der Waals surface area contributed by atoms with Crippen LogP contribution in [0.2, 0.25) is 0 Å². The molecule has 31 heavy (non-hydrogen) atoms. The minimum atomic E-state index is -0.617. The number of hydrogen-bond acceptors (Lipinski definition) is 5. The van der Waals surface area contributed by atoms with Crippen LogP contribution in [0.15, 0.2) is 42.5 Å². The maximum Gasteiger partial charge on any atom is 0.306 e. The summed E-state index contributed by atoms with van der Waals surface area (Å²) in [5.74, 6) is -0.478. The van der Waals surface area contributed by atoms with Gasteiger partial charge in [0.05, 0.1) is 18.3 Å². The van der Waals surface area contributed by atoms with E-state index in [2.05, 4.69) is 5.32 Å². The normalized spacial score (nSPS) is 23.4. The SMILES string of the molecule is CC(C)OC(=O)CCC/C=C/C[C@@H]1[C@@H](CNC(=O)CCc2ccccc2)[C@H](O)C[C@@H]1O. The van der Waals surface area contributed by atoms with Crippen LogP contribution in [0.5, 0.6) is 0 Å². The number of aryl methyl sites for hydroxylation is 1. The lowest BCUT2D eigenvalue weighted by atomic mass is 9.90. The molecule has 1 aromatic carbocycles. The van der Waals surface area contributed by atoms with Gasteiger partial charge in [-0.1, -0.05) is 42.5 Å². The van der Waals surface area contributed by atoms with Crippen molar-refractivity contribution in [3.63, 3.8) is 0 Å². The summed E-state index contributed by atoms with van der Waals surface area (Å²) in [6, 6.07) is 9.86. The van der Waals surface area contributed by atoms with Crippen LogP contribution in [-0.2, 0) is 20.7 Å². The van der Waals surface area contributed by atoms with Gasteiger partial charge in [0.15, 0.2) is 0 Å². The highest BCUT2D eigenvalue weighted by atomic mass is 16.5. The summed E-state index contributed by atoms with van der Waals surface area (Å²) in [7, 11) is 0. The van der Waals surface area contributed by atoms with E-state index in [0.717, 1.165) is 18.4 Å². The summed E-state index contributed by atoms with van der Waals surface area (Å²) in [4.78, 5) is 23.7. The lowest BCUT2D eigenvalue weighted by Gasteiger charge is -2.23. The monoisotopic (exact) mass is 431 g/mol. The summed E-state index contributed by atoms with van der Waals surface area (Å²) in [5, 5.41) is 23.6. The van der Waals surface area contributed by atoms with Crippen molar-refractivity contribution in [2.45, 2.75) is 77.1 Å². The third-order valence-corrected chi connectivity index (χ3v) is 5.73. The van der Waals surface area contributed by atoms with Crippen molar-refractivity contribution in [2.24, 2.45) is 11.8 Å². The Morgan fingerprint density at radius 2 is 1.81 bits per heavy atom. The number of aliphatic hydroxyl groups is 2. The lowest BCUT2D eigenvalue weighted by Crippen LogP contribution is -2.36. The number of aliphatic hydroxyl groups excluding tert-OH is 2. The van der Waals surface area contributed by atoms with Crippen LogP contribution in [0, 0.1) is 11.8 Å². The average molecular weight is 432 g/mol. The van der Waals surface area contributed by atoms with E-state index >= 15 is 0 Å². The molecule has 1 saturated carbocycles. The minimum absolute atomic E-state index is 0.0416. The van der Waals surface area contributed by atoms with Gasteiger partial charge in [-0.15, -0.1) is 0 Å². The molecule has 0 bridgehead atoms. The van der Waals surface area contributed by atoms with Crippen LogP contribution in [0.25, 0.3) is 0 Å². The molecule has 3 N–H and O–H groups in total. The number of carbonyl (C=O) groups excluding carboxylic acids is 2. The van der Waals surface area contributed by atoms with Crippen LogP contribution < -0.4 is 5.32 Å². The van der Waals surface area contributed by atoms with E-state index in [4.69, 9.17) is 4.74 Å². The molecule has 1 aliphatic carbocycles. The van der Waals surface area contributed by atoms with Crippen molar-refractivity contribution in [3.05, 3.63) is 48.0 Å². The highest BCUT2D eigenvalue weighted by Gasteiger charge is 2.40. The van der Waals surface area contributed by atoms with Crippen LogP contribution in [0.3, 0.4) is 0 Å². The van der Waals surface area contributed by atoms with Gasteiger partial charge in [-0.3, -0.25) is 9.59 Å². The predicted molar refractivity (Wildman–Crippen MR) is 120 cm³/mol. The second-order valence-corrected chi connectivity index (χ2v) is 8.63. The number of amides is 1. The number of rotatable bonds is 12. The molecule has 0 spiro atoms. The molecule has 0 aromatic heterocycles. The van der Waals surface area contributed by atoms with Gasteiger partial charge in [0.1, 0.15) is 0 Å². The molecule has 0 saturated heterocycles. The molecule has 6 heteroatoms. The largest absolute Gasteiger partial charge is 0.463 e. The van der Waals surface area contributed by atoms with Gasteiger partial charge in [0.25, 0.3) is 0 Å². The molecular formula is C25H37NO5. The maximum atomic E-state index is 12.2. The van der Waals surface area contributed by atoms with Crippen molar-refractivity contribution >= 4 is 11.9 Å². The highest BCUT2D eigenvalue weighted by Crippen LogP contribution is 2.35. The first-order valence-corrected chi connectivity index (χ1v) is 11.4. The van der Waals surface area contributed by atoms with E-state index < -0.39 is 12.2 Å². The zero-order chi connectivity index (χ0) is 22.6. The van der Waals surface area contributed by atoms with Crippen molar-refractivity contribution in [1.29, 1.82) is 0 Å². The molecule has 2 rings (SSSR count). The first-order chi connectivity index (χ1) is 14.9. The Labute approximate surface area is 185 Å². The van der Waals surface area contributed by atoms with Crippen LogP contribution in [0.4, 0.5) is 0 Å². The van der Waals surface area contributed by atoms with Crippen molar-refractivity contribution < 1.29 is 24.5 Å². The van der Waals surface area contributed by atoms with Gasteiger partial charge in [-0.25, -0.2) is 0 Å². The molecule has 1 aromatic rings. The number of esters is 1. The van der Waals surface area contributed by atoms with Gasteiger partial charge in [0.2, 0.25) is 5.91 Å². The van der Waals surface area contributed by atoms with Gasteiger partial charge >= 0.3 is 5.97 Å². The Balaban J connectivity index is 1.71. The molecule has 1 amide bonds. The van der Waals surface area contributed by atoms with Crippen LogP contribution in [0.1, 0.15) is 57.9 Å². The van der Waals surface area contributed by atoms with Gasteiger partial charge in [0, 0.05) is 25.3 Å². The summed E-state index contributed by atoms with van der Waals surface area (Å²) >= 11 is 0. The molecule has 1 aliphatic rings. The summed E-state index contributed by atoms with van der Waals surface area (Å²) in [6.07, 6.45) is 6.67. The number of ether oxygens (including phenoxy) is 1. The van der Waals surface area contributed by atoms with Crippen LogP contribution >= 0.6 is 0 Å². The minimum Gasteiger partial charge on any atom is -0.463 e. The highest BCUT2D eigenvalue weighted by molar-refractivity contribution is 5.76. The average Bonchev–Trinajstić information content (AvgIpc) is 3.00. The summed E-state index contributed by atoms with van der Waals surface area (Å²) in [5.41, 5.74) is 1.12. The van der Waals surface area contributed by atoms with Crippen molar-refractivity contribution in [1.82, 2.24) is 5.32 Å². The smallest absolute Gasteiger partial charge is 0.306 e. The molecular weight excluding hydrogens is 394 g/mol. The molecule has 1 fully saturated rings. The lowest BCUT2D eigenvalue weighted by molar-refractivity contribution is -0.147. The first kappa shape index (κ1) is 25.1. The zero-order valence-electron chi connectivity index (χ0n) is 18.7. The second kappa shape index (κ2) is 13.3. The van der Waals surface area contributed by atoms with Crippen molar-refractivity contribution in [3.8, 4) is 0 Å². The molecule has 0 radical (unpaired) electrons. The predicted octanol–water partition coefficient (Wildman–Crippen LogP) is 3.16. The van der Waals surface area contributed by atoms with E-state index in [1.165, 1.54) is 0 Å². The standard InChI is InChI=1S/C25H37NO5/c1-18(2)31-25(30)13-9-4-3-8-12-20-21(23(28)16-22(20)27)17-26-24(29)15-14-19-10-6-5-7-11-19/h3,5-8,10-11,18,20-23,27-28H,4,9,12-17H2,1-2H3,(H,26,29)/b8-3+/t20-,21-,22+,23-/m1/s1. The molecule has 6 nitrogen and oxygen atoms in total. The molecule has 0 heterocycles. The third kappa shape index (κ3) is 9.23. The molecule has 0 aliphatic heterocycles. The Hall–Kier alpha value is -2.18. The van der Waals surface area contributed by atoms with E-state index in [0.29, 0.717) is 38.6 Å². The van der Waals surface area contributed by atoms with E-state index in [1.54, 1.807) is 0 Å². The Morgan fingerprint density at radius 1 is 1.10 bits per heavy atom. The van der Waals surface area contributed by atoms with Crippen LogP contribution in [-0.4, -0.2) is 46.9 Å². The Kier molecular flexibility index (Phi) is 10.7. The number of nitrogens with one attached hydrogen (secondary N) is 1. The molecule has 172 valence electrons. The number of unbranched alkanes of at least 4 members (excludes halogenated alkanes) is 1. The third-order valence-electron chi connectivity index (χ3n) is 5.73. The van der Waals surface area contributed by atoms with Gasteiger partial charge in [-0.05, 0) is 57.4 Å². The topological polar surface area (TPSA) is 95.9 Å². The number of carbonyl (C=O) groups is 2. The molecule has 0 unspecified atom stereocenters. The van der Waals surface area contributed by atoms with E-state index in [1.807, 2.05) is 56.3 Å². The zero-order valence-corrected chi connectivity index (χ0v) is 18.7. The summed E-state index contributed by atoms with van der Waals surface area (Å²) in [6.45, 7) is 4.04. The fourth-order valence-electron chi connectivity index (χ4n) is 4.07.